The Bertz CT molecular complexity index is 533. The van der Waals surface area contributed by atoms with Crippen molar-refractivity contribution in [3.8, 4) is 0 Å². The maximum absolute atomic E-state index is 12.3. The van der Waals surface area contributed by atoms with E-state index in [0.29, 0.717) is 18.8 Å². The number of aliphatic hydroxyl groups is 1. The monoisotopic (exact) mass is 295 g/mol. The van der Waals surface area contributed by atoms with Crippen LogP contribution in [-0.4, -0.2) is 30.8 Å². The van der Waals surface area contributed by atoms with Gasteiger partial charge in [-0.3, -0.25) is 4.79 Å². The second-order valence-corrected chi connectivity index (χ2v) is 6.78. The summed E-state index contributed by atoms with van der Waals surface area (Å²) in [6.45, 7) is 8.34. The van der Waals surface area contributed by atoms with Crippen molar-refractivity contribution in [1.29, 1.82) is 0 Å². The maximum Gasteiger partial charge on any atom is 0.287 e. The number of hydrogen-bond acceptors (Lipinski definition) is 4. The van der Waals surface area contributed by atoms with E-state index in [0.717, 1.165) is 23.3 Å². The smallest absolute Gasteiger partial charge is 0.287 e. The van der Waals surface area contributed by atoms with Gasteiger partial charge in [-0.15, -0.1) is 0 Å². The Morgan fingerprint density at radius 2 is 2.24 bits per heavy atom. The van der Waals surface area contributed by atoms with Gasteiger partial charge >= 0.3 is 0 Å². The SMILES string of the molecule is COC[C@@H](C)NC(=O)c1oc2c(c1C)[C@@H](O)CC(C)(C)C2. The molecule has 0 bridgehead atoms. The van der Waals surface area contributed by atoms with Gasteiger partial charge in [-0.1, -0.05) is 13.8 Å². The van der Waals surface area contributed by atoms with Crippen LogP contribution in [0.1, 0.15) is 60.7 Å². The van der Waals surface area contributed by atoms with Crippen molar-refractivity contribution in [3.05, 3.63) is 22.6 Å². The van der Waals surface area contributed by atoms with Crippen LogP contribution in [0.25, 0.3) is 0 Å². The molecule has 0 fully saturated rings. The van der Waals surface area contributed by atoms with Crippen LogP contribution in [0.5, 0.6) is 0 Å². The number of nitrogens with one attached hydrogen (secondary N) is 1. The quantitative estimate of drug-likeness (QED) is 0.894. The van der Waals surface area contributed by atoms with Gasteiger partial charge in [0.05, 0.1) is 12.7 Å². The van der Waals surface area contributed by atoms with Crippen LogP contribution in [0.4, 0.5) is 0 Å². The molecule has 0 aliphatic heterocycles. The van der Waals surface area contributed by atoms with Crippen LogP contribution in [0.2, 0.25) is 0 Å². The molecule has 2 rings (SSSR count). The van der Waals surface area contributed by atoms with Crippen molar-refractivity contribution in [2.75, 3.05) is 13.7 Å². The molecule has 1 aromatic rings. The number of hydrogen-bond donors (Lipinski definition) is 2. The molecule has 1 aromatic heterocycles. The highest BCUT2D eigenvalue weighted by molar-refractivity contribution is 5.93. The average molecular weight is 295 g/mol. The molecule has 2 N–H and O–H groups in total. The van der Waals surface area contributed by atoms with Gasteiger partial charge in [0.1, 0.15) is 5.76 Å². The Balaban J connectivity index is 2.26. The lowest BCUT2D eigenvalue weighted by Crippen LogP contribution is -2.35. The first-order valence-electron chi connectivity index (χ1n) is 7.35. The van der Waals surface area contributed by atoms with Gasteiger partial charge in [0.15, 0.2) is 5.76 Å². The van der Waals surface area contributed by atoms with Gasteiger partial charge < -0.3 is 19.6 Å². The predicted molar refractivity (Wildman–Crippen MR) is 79.3 cm³/mol. The standard InChI is InChI=1S/C16H25NO4/c1-9(8-20-5)17-15(19)14-10(2)13-11(18)6-16(3,4)7-12(13)21-14/h9,11,18H,6-8H2,1-5H3,(H,17,19)/t9-,11+/m1/s1. The summed E-state index contributed by atoms with van der Waals surface area (Å²) in [5, 5.41) is 13.2. The van der Waals surface area contributed by atoms with E-state index < -0.39 is 6.10 Å². The fraction of sp³-hybridized carbons (Fsp3) is 0.688. The van der Waals surface area contributed by atoms with Crippen LogP contribution in [-0.2, 0) is 11.2 Å². The molecule has 0 spiro atoms. The highest BCUT2D eigenvalue weighted by Gasteiger charge is 2.37. The third kappa shape index (κ3) is 3.30. The molecule has 1 heterocycles. The molecule has 118 valence electrons. The first-order chi connectivity index (χ1) is 9.75. The lowest BCUT2D eigenvalue weighted by atomic mass is 9.75. The fourth-order valence-corrected chi connectivity index (χ4v) is 3.08. The van der Waals surface area contributed by atoms with Gasteiger partial charge in [-0.25, -0.2) is 0 Å². The third-order valence-electron chi connectivity index (χ3n) is 3.99. The Morgan fingerprint density at radius 1 is 1.57 bits per heavy atom. The number of fused-ring (bicyclic) bond motifs is 1. The van der Waals surface area contributed by atoms with E-state index in [1.165, 1.54) is 0 Å². The molecule has 0 saturated heterocycles. The molecule has 5 nitrogen and oxygen atoms in total. The molecule has 0 saturated carbocycles. The number of amides is 1. The van der Waals surface area contributed by atoms with Crippen LogP contribution >= 0.6 is 0 Å². The van der Waals surface area contributed by atoms with Crippen molar-refractivity contribution >= 4 is 5.91 Å². The van der Waals surface area contributed by atoms with Gasteiger partial charge in [-0.2, -0.15) is 0 Å². The van der Waals surface area contributed by atoms with E-state index in [1.807, 2.05) is 13.8 Å². The first kappa shape index (κ1) is 16.0. The average Bonchev–Trinajstić information content (AvgIpc) is 2.64. The lowest BCUT2D eigenvalue weighted by Gasteiger charge is -2.31. The first-order valence-corrected chi connectivity index (χ1v) is 7.35. The third-order valence-corrected chi connectivity index (χ3v) is 3.99. The van der Waals surface area contributed by atoms with E-state index in [4.69, 9.17) is 9.15 Å². The number of carbonyl (C=O) groups excluding carboxylic acids is 1. The largest absolute Gasteiger partial charge is 0.455 e. The molecule has 2 atom stereocenters. The van der Waals surface area contributed by atoms with Crippen molar-refractivity contribution < 1.29 is 19.1 Å². The van der Waals surface area contributed by atoms with Gasteiger partial charge in [0, 0.05) is 30.7 Å². The molecule has 0 radical (unpaired) electrons. The molecular weight excluding hydrogens is 270 g/mol. The van der Waals surface area contributed by atoms with Crippen LogP contribution < -0.4 is 5.32 Å². The zero-order valence-electron chi connectivity index (χ0n) is 13.4. The topological polar surface area (TPSA) is 71.7 Å². The van der Waals surface area contributed by atoms with E-state index in [9.17, 15) is 9.90 Å². The van der Waals surface area contributed by atoms with Crippen molar-refractivity contribution in [2.24, 2.45) is 5.41 Å². The van der Waals surface area contributed by atoms with E-state index >= 15 is 0 Å². The minimum absolute atomic E-state index is 0.0200. The van der Waals surface area contributed by atoms with E-state index in [1.54, 1.807) is 7.11 Å². The Labute approximate surface area is 125 Å². The molecule has 1 aliphatic carbocycles. The number of aliphatic hydroxyl groups excluding tert-OH is 1. The normalized spacial score (nSPS) is 21.7. The summed E-state index contributed by atoms with van der Waals surface area (Å²) in [4.78, 5) is 12.3. The second-order valence-electron chi connectivity index (χ2n) is 6.78. The summed E-state index contributed by atoms with van der Waals surface area (Å²) in [7, 11) is 1.60. The Morgan fingerprint density at radius 3 is 2.86 bits per heavy atom. The minimum Gasteiger partial charge on any atom is -0.455 e. The predicted octanol–water partition coefficient (Wildman–Crippen LogP) is 2.36. The van der Waals surface area contributed by atoms with E-state index in [-0.39, 0.29) is 17.4 Å². The van der Waals surface area contributed by atoms with Crippen molar-refractivity contribution in [3.63, 3.8) is 0 Å². The summed E-state index contributed by atoms with van der Waals surface area (Å²) in [6.07, 6.45) is 0.855. The summed E-state index contributed by atoms with van der Waals surface area (Å²) in [5.74, 6) is 0.789. The summed E-state index contributed by atoms with van der Waals surface area (Å²) in [5.41, 5.74) is 1.52. The van der Waals surface area contributed by atoms with Crippen molar-refractivity contribution in [2.45, 2.75) is 52.7 Å². The van der Waals surface area contributed by atoms with Crippen molar-refractivity contribution in [1.82, 2.24) is 5.32 Å². The number of ether oxygens (including phenoxy) is 1. The van der Waals surface area contributed by atoms with Crippen LogP contribution in [0, 0.1) is 12.3 Å². The molecular formula is C16H25NO4. The van der Waals surface area contributed by atoms with E-state index in [2.05, 4.69) is 19.2 Å². The highest BCUT2D eigenvalue weighted by atomic mass is 16.5. The Hall–Kier alpha value is -1.33. The van der Waals surface area contributed by atoms with Crippen LogP contribution in [0.15, 0.2) is 4.42 Å². The lowest BCUT2D eigenvalue weighted by molar-refractivity contribution is 0.0853. The maximum atomic E-state index is 12.3. The number of carbonyl (C=O) groups is 1. The highest BCUT2D eigenvalue weighted by Crippen LogP contribution is 2.43. The summed E-state index contributed by atoms with van der Waals surface area (Å²) < 4.78 is 10.8. The zero-order valence-corrected chi connectivity index (χ0v) is 13.4. The number of furan rings is 1. The fourth-order valence-electron chi connectivity index (χ4n) is 3.08. The minimum atomic E-state index is -0.564. The van der Waals surface area contributed by atoms with Gasteiger partial charge in [-0.05, 0) is 25.7 Å². The molecule has 1 aliphatic rings. The molecule has 0 aromatic carbocycles. The summed E-state index contributed by atoms with van der Waals surface area (Å²) >= 11 is 0. The summed E-state index contributed by atoms with van der Waals surface area (Å²) in [6, 6.07) is -0.0922. The zero-order chi connectivity index (χ0) is 15.8. The molecule has 21 heavy (non-hydrogen) atoms. The Kier molecular flexibility index (Phi) is 4.44. The number of methoxy groups -OCH3 is 1. The number of rotatable bonds is 4. The molecule has 5 heteroatoms. The van der Waals surface area contributed by atoms with Gasteiger partial charge in [0.25, 0.3) is 5.91 Å². The van der Waals surface area contributed by atoms with Crippen LogP contribution in [0.3, 0.4) is 0 Å². The second kappa shape index (κ2) is 5.81. The molecule has 1 amide bonds. The van der Waals surface area contributed by atoms with Gasteiger partial charge in [0.2, 0.25) is 0 Å². The molecule has 0 unspecified atom stereocenters.